The van der Waals surface area contributed by atoms with Gasteiger partial charge in [-0.2, -0.15) is 0 Å². The van der Waals surface area contributed by atoms with Gasteiger partial charge in [0.25, 0.3) is 0 Å². The number of aromatic nitrogens is 1. The summed E-state index contributed by atoms with van der Waals surface area (Å²) in [5.74, 6) is -0.479. The van der Waals surface area contributed by atoms with E-state index in [1.54, 1.807) is 6.92 Å². The van der Waals surface area contributed by atoms with Crippen molar-refractivity contribution in [1.29, 1.82) is 0 Å². The van der Waals surface area contributed by atoms with E-state index in [2.05, 4.69) is 4.98 Å². The van der Waals surface area contributed by atoms with Gasteiger partial charge < -0.3 is 9.84 Å². The Morgan fingerprint density at radius 2 is 2.50 bits per heavy atom. The second kappa shape index (κ2) is 3.29. The molecule has 4 heteroatoms. The van der Waals surface area contributed by atoms with Crippen molar-refractivity contribution in [1.82, 2.24) is 4.98 Å². The van der Waals surface area contributed by atoms with Crippen LogP contribution in [0.1, 0.15) is 18.9 Å². The average Bonchev–Trinajstić information content (AvgIpc) is 2.49. The highest BCUT2D eigenvalue weighted by Gasteiger charge is 2.42. The quantitative estimate of drug-likeness (QED) is 0.736. The number of halogens is 1. The third kappa shape index (κ3) is 1.31. The molecule has 2 rings (SSSR count). The SMILES string of the molecule is CC1OCCC1(O)c1ccncc1F. The van der Waals surface area contributed by atoms with Crippen molar-refractivity contribution in [2.24, 2.45) is 0 Å². The molecule has 0 radical (unpaired) electrons. The molecule has 14 heavy (non-hydrogen) atoms. The van der Waals surface area contributed by atoms with Crippen LogP contribution in [0.3, 0.4) is 0 Å². The van der Waals surface area contributed by atoms with Gasteiger partial charge in [0, 0.05) is 18.2 Å². The summed E-state index contributed by atoms with van der Waals surface area (Å²) in [5.41, 5.74) is -0.926. The van der Waals surface area contributed by atoms with E-state index >= 15 is 0 Å². The molecule has 76 valence electrons. The summed E-state index contributed by atoms with van der Waals surface area (Å²) in [5, 5.41) is 10.2. The number of hydrogen-bond acceptors (Lipinski definition) is 3. The highest BCUT2D eigenvalue weighted by atomic mass is 19.1. The molecule has 0 spiro atoms. The first-order valence-electron chi connectivity index (χ1n) is 4.58. The normalized spacial score (nSPS) is 32.1. The van der Waals surface area contributed by atoms with Gasteiger partial charge >= 0.3 is 0 Å². The number of hydrogen-bond donors (Lipinski definition) is 1. The third-order valence-electron chi connectivity index (χ3n) is 2.76. The predicted molar refractivity (Wildman–Crippen MR) is 48.1 cm³/mol. The van der Waals surface area contributed by atoms with Crippen LogP contribution in [0.2, 0.25) is 0 Å². The van der Waals surface area contributed by atoms with Gasteiger partial charge in [-0.25, -0.2) is 4.39 Å². The summed E-state index contributed by atoms with van der Waals surface area (Å²) < 4.78 is 18.6. The van der Waals surface area contributed by atoms with Crippen LogP contribution in [0, 0.1) is 5.82 Å². The molecular weight excluding hydrogens is 185 g/mol. The molecule has 0 amide bonds. The lowest BCUT2D eigenvalue weighted by atomic mass is 9.88. The van der Waals surface area contributed by atoms with Crippen LogP contribution in [0.15, 0.2) is 18.5 Å². The molecule has 1 aliphatic heterocycles. The van der Waals surface area contributed by atoms with E-state index in [1.165, 1.54) is 12.3 Å². The number of aliphatic hydroxyl groups is 1. The maximum atomic E-state index is 13.4. The topological polar surface area (TPSA) is 42.4 Å². The Bertz CT molecular complexity index is 345. The molecule has 1 aromatic rings. The zero-order valence-electron chi connectivity index (χ0n) is 7.90. The van der Waals surface area contributed by atoms with Gasteiger partial charge in [-0.05, 0) is 13.0 Å². The van der Waals surface area contributed by atoms with E-state index in [0.717, 1.165) is 6.20 Å². The fourth-order valence-corrected chi connectivity index (χ4v) is 1.81. The zero-order valence-corrected chi connectivity index (χ0v) is 7.90. The lowest BCUT2D eigenvalue weighted by molar-refractivity contribution is -0.0340. The summed E-state index contributed by atoms with van der Waals surface area (Å²) in [6.45, 7) is 2.20. The van der Waals surface area contributed by atoms with Crippen molar-refractivity contribution in [3.05, 3.63) is 29.8 Å². The molecule has 2 heterocycles. The van der Waals surface area contributed by atoms with Gasteiger partial charge in [-0.1, -0.05) is 0 Å². The molecule has 3 nitrogen and oxygen atoms in total. The van der Waals surface area contributed by atoms with Crippen LogP contribution in [0.4, 0.5) is 4.39 Å². The van der Waals surface area contributed by atoms with E-state index < -0.39 is 11.4 Å². The molecule has 0 saturated carbocycles. The Morgan fingerprint density at radius 3 is 3.07 bits per heavy atom. The fourth-order valence-electron chi connectivity index (χ4n) is 1.81. The number of rotatable bonds is 1. The minimum atomic E-state index is -1.20. The van der Waals surface area contributed by atoms with Crippen LogP contribution < -0.4 is 0 Å². The fraction of sp³-hybridized carbons (Fsp3) is 0.500. The molecular formula is C10H12FNO2. The summed E-state index contributed by atoms with van der Waals surface area (Å²) in [7, 11) is 0. The van der Waals surface area contributed by atoms with Crippen molar-refractivity contribution in [3.8, 4) is 0 Å². The van der Waals surface area contributed by atoms with E-state index in [-0.39, 0.29) is 11.7 Å². The Labute approximate surface area is 81.5 Å². The lowest BCUT2D eigenvalue weighted by Gasteiger charge is -2.26. The first-order chi connectivity index (χ1) is 6.64. The van der Waals surface area contributed by atoms with E-state index in [9.17, 15) is 9.50 Å². The maximum Gasteiger partial charge on any atom is 0.147 e. The lowest BCUT2D eigenvalue weighted by Crippen LogP contribution is -2.34. The van der Waals surface area contributed by atoms with Gasteiger partial charge in [0.2, 0.25) is 0 Å². The standard InChI is InChI=1S/C10H12FNO2/c1-7-10(13,3-5-14-7)8-2-4-12-6-9(8)11/h2,4,6-7,13H,3,5H2,1H3. The second-order valence-electron chi connectivity index (χ2n) is 3.54. The Balaban J connectivity index is 2.43. The van der Waals surface area contributed by atoms with Crippen molar-refractivity contribution in [2.75, 3.05) is 6.61 Å². The summed E-state index contributed by atoms with van der Waals surface area (Å²) >= 11 is 0. The molecule has 1 N–H and O–H groups in total. The second-order valence-corrected chi connectivity index (χ2v) is 3.54. The zero-order chi connectivity index (χ0) is 10.2. The molecule has 0 aliphatic carbocycles. The number of pyridine rings is 1. The third-order valence-corrected chi connectivity index (χ3v) is 2.76. The van der Waals surface area contributed by atoms with E-state index in [4.69, 9.17) is 4.74 Å². The van der Waals surface area contributed by atoms with Crippen molar-refractivity contribution in [3.63, 3.8) is 0 Å². The smallest absolute Gasteiger partial charge is 0.147 e. The van der Waals surface area contributed by atoms with Gasteiger partial charge in [-0.3, -0.25) is 4.98 Å². The predicted octanol–water partition coefficient (Wildman–Crippen LogP) is 1.22. The van der Waals surface area contributed by atoms with Crippen molar-refractivity contribution < 1.29 is 14.2 Å². The summed E-state index contributed by atoms with van der Waals surface area (Å²) in [6.07, 6.45) is 2.63. The Kier molecular flexibility index (Phi) is 2.25. The highest BCUT2D eigenvalue weighted by Crippen LogP contribution is 2.36. The van der Waals surface area contributed by atoms with Crippen LogP contribution >= 0.6 is 0 Å². The molecule has 1 fully saturated rings. The van der Waals surface area contributed by atoms with Gasteiger partial charge in [-0.15, -0.1) is 0 Å². The van der Waals surface area contributed by atoms with Gasteiger partial charge in [0.15, 0.2) is 0 Å². The van der Waals surface area contributed by atoms with Gasteiger partial charge in [0.1, 0.15) is 11.4 Å². The van der Waals surface area contributed by atoms with Crippen LogP contribution in [-0.2, 0) is 10.3 Å². The summed E-state index contributed by atoms with van der Waals surface area (Å²) in [6, 6.07) is 1.50. The molecule has 0 aromatic carbocycles. The minimum absolute atomic E-state index is 0.275. The van der Waals surface area contributed by atoms with Crippen LogP contribution in [-0.4, -0.2) is 22.8 Å². The monoisotopic (exact) mass is 197 g/mol. The van der Waals surface area contributed by atoms with Crippen LogP contribution in [0.25, 0.3) is 0 Å². The maximum absolute atomic E-state index is 13.4. The molecule has 1 aliphatic rings. The Morgan fingerprint density at radius 1 is 1.71 bits per heavy atom. The number of nitrogens with zero attached hydrogens (tertiary/aromatic N) is 1. The van der Waals surface area contributed by atoms with Crippen molar-refractivity contribution in [2.45, 2.75) is 25.0 Å². The number of ether oxygens (including phenoxy) is 1. The molecule has 2 atom stereocenters. The highest BCUT2D eigenvalue weighted by molar-refractivity contribution is 5.23. The minimum Gasteiger partial charge on any atom is -0.382 e. The average molecular weight is 197 g/mol. The molecule has 2 unspecified atom stereocenters. The largest absolute Gasteiger partial charge is 0.382 e. The van der Waals surface area contributed by atoms with Crippen molar-refractivity contribution >= 4 is 0 Å². The molecule has 1 aromatic heterocycles. The molecule has 1 saturated heterocycles. The first-order valence-corrected chi connectivity index (χ1v) is 4.58. The summed E-state index contributed by atoms with van der Waals surface area (Å²) in [4.78, 5) is 3.65. The van der Waals surface area contributed by atoms with Crippen LogP contribution in [0.5, 0.6) is 0 Å². The van der Waals surface area contributed by atoms with E-state index in [1.807, 2.05) is 0 Å². The van der Waals surface area contributed by atoms with E-state index in [0.29, 0.717) is 13.0 Å². The Hall–Kier alpha value is -1.00. The first kappa shape index (κ1) is 9.55. The molecule has 0 bridgehead atoms. The van der Waals surface area contributed by atoms with Gasteiger partial charge in [0.05, 0.1) is 18.9 Å².